The Balaban J connectivity index is 2.33. The summed E-state index contributed by atoms with van der Waals surface area (Å²) in [7, 11) is 0. The topological polar surface area (TPSA) is 47.0 Å². The van der Waals surface area contributed by atoms with Crippen LogP contribution in [0.1, 0.15) is 12.6 Å². The van der Waals surface area contributed by atoms with Gasteiger partial charge in [-0.25, -0.2) is 9.97 Å². The van der Waals surface area contributed by atoms with Crippen molar-refractivity contribution in [2.45, 2.75) is 20.5 Å². The number of anilines is 1. The molecule has 0 saturated carbocycles. The maximum absolute atomic E-state index is 12.1. The molecule has 4 nitrogen and oxygen atoms in total. The molecule has 112 valence electrons. The van der Waals surface area contributed by atoms with Crippen molar-refractivity contribution in [2.75, 3.05) is 11.9 Å². The summed E-state index contributed by atoms with van der Waals surface area (Å²) >= 11 is 3.44. The number of ether oxygens (including phenoxy) is 1. The summed E-state index contributed by atoms with van der Waals surface area (Å²) in [6.07, 6.45) is 0. The number of halogens is 3. The van der Waals surface area contributed by atoms with Crippen LogP contribution in [0, 0.1) is 6.92 Å². The molecule has 1 heterocycles. The van der Waals surface area contributed by atoms with Gasteiger partial charge in [-0.05, 0) is 54.0 Å². The van der Waals surface area contributed by atoms with Gasteiger partial charge in [0.25, 0.3) is 0 Å². The second-order valence-corrected chi connectivity index (χ2v) is 5.02. The number of aromatic nitrogens is 2. The van der Waals surface area contributed by atoms with E-state index in [1.165, 1.54) is 12.1 Å². The predicted molar refractivity (Wildman–Crippen MR) is 80.7 cm³/mol. The average molecular weight is 358 g/mol. The molecule has 0 radical (unpaired) electrons. The summed E-state index contributed by atoms with van der Waals surface area (Å²) in [6.45, 7) is 1.74. The molecule has 1 aromatic heterocycles. The van der Waals surface area contributed by atoms with Gasteiger partial charge in [0.05, 0.1) is 10.2 Å². The number of alkyl halides is 2. The third-order valence-corrected chi connectivity index (χ3v) is 3.65. The van der Waals surface area contributed by atoms with Gasteiger partial charge in [-0.2, -0.15) is 8.78 Å². The Hall–Kier alpha value is -1.76. The van der Waals surface area contributed by atoms with Crippen LogP contribution in [0.15, 0.2) is 28.7 Å². The molecule has 1 aromatic carbocycles. The Bertz CT molecular complexity index is 620. The van der Waals surface area contributed by atoms with Crippen molar-refractivity contribution in [3.63, 3.8) is 0 Å². The van der Waals surface area contributed by atoms with E-state index in [2.05, 4.69) is 36.0 Å². The zero-order chi connectivity index (χ0) is 15.4. The highest BCUT2D eigenvalue weighted by atomic mass is 79.9. The Kier molecular flexibility index (Phi) is 5.06. The van der Waals surface area contributed by atoms with E-state index >= 15 is 0 Å². The molecule has 0 aliphatic heterocycles. The van der Waals surface area contributed by atoms with Gasteiger partial charge in [-0.3, -0.25) is 0 Å². The number of rotatable bonds is 5. The summed E-state index contributed by atoms with van der Waals surface area (Å²) in [5, 5.41) is 3.14. The Morgan fingerprint density at radius 1 is 1.24 bits per heavy atom. The molecule has 21 heavy (non-hydrogen) atoms. The van der Waals surface area contributed by atoms with Gasteiger partial charge in [-0.15, -0.1) is 0 Å². The maximum Gasteiger partial charge on any atom is 0.387 e. The largest absolute Gasteiger partial charge is 0.435 e. The minimum Gasteiger partial charge on any atom is -0.435 e. The molecule has 0 aliphatic carbocycles. The zero-order valence-electron chi connectivity index (χ0n) is 11.5. The van der Waals surface area contributed by atoms with Gasteiger partial charge in [0.15, 0.2) is 5.82 Å². The molecule has 0 fully saturated rings. The van der Waals surface area contributed by atoms with Crippen LogP contribution in [0.2, 0.25) is 0 Å². The lowest BCUT2D eigenvalue weighted by molar-refractivity contribution is -0.0498. The summed E-state index contributed by atoms with van der Waals surface area (Å²) in [5.74, 6) is 1.33. The van der Waals surface area contributed by atoms with Crippen molar-refractivity contribution in [3.8, 4) is 17.1 Å². The van der Waals surface area contributed by atoms with Gasteiger partial charge in [0.1, 0.15) is 11.6 Å². The Morgan fingerprint density at radius 3 is 2.48 bits per heavy atom. The fourth-order valence-electron chi connectivity index (χ4n) is 1.76. The average Bonchev–Trinajstić information content (AvgIpc) is 2.44. The number of nitrogens with zero attached hydrogens (tertiary/aromatic N) is 2. The van der Waals surface area contributed by atoms with Crippen LogP contribution in [-0.4, -0.2) is 23.1 Å². The predicted octanol–water partition coefficient (Wildman–Crippen LogP) is 4.25. The van der Waals surface area contributed by atoms with E-state index in [0.717, 1.165) is 22.3 Å². The lowest BCUT2D eigenvalue weighted by Crippen LogP contribution is -2.04. The SMILES string of the molecule is CCNc1nc(-c2ccc(OC(F)F)cc2)nc(C)c1Br. The first-order valence-corrected chi connectivity index (χ1v) is 7.13. The number of nitrogens with one attached hydrogen (secondary N) is 1. The molecule has 0 atom stereocenters. The summed E-state index contributed by atoms with van der Waals surface area (Å²) in [4.78, 5) is 8.82. The molecule has 0 amide bonds. The Morgan fingerprint density at radius 2 is 1.90 bits per heavy atom. The highest BCUT2D eigenvalue weighted by molar-refractivity contribution is 9.10. The standard InChI is InChI=1S/C14H14BrF2N3O/c1-3-18-13-11(15)8(2)19-12(20-13)9-4-6-10(7-5-9)21-14(16)17/h4-7,14H,3H2,1-2H3,(H,18,19,20). The van der Waals surface area contributed by atoms with Crippen LogP contribution >= 0.6 is 15.9 Å². The van der Waals surface area contributed by atoms with Gasteiger partial charge >= 0.3 is 6.61 Å². The first-order chi connectivity index (χ1) is 10.0. The van der Waals surface area contributed by atoms with Crippen LogP contribution in [0.5, 0.6) is 5.75 Å². The first-order valence-electron chi connectivity index (χ1n) is 6.34. The smallest absolute Gasteiger partial charge is 0.387 e. The molecule has 0 unspecified atom stereocenters. The fourth-order valence-corrected chi connectivity index (χ4v) is 2.08. The lowest BCUT2D eigenvalue weighted by atomic mass is 10.2. The van der Waals surface area contributed by atoms with E-state index in [-0.39, 0.29) is 5.75 Å². The van der Waals surface area contributed by atoms with Gasteiger partial charge in [0, 0.05) is 12.1 Å². The van der Waals surface area contributed by atoms with Crippen LogP contribution in [0.3, 0.4) is 0 Å². The molecule has 0 spiro atoms. The van der Waals surface area contributed by atoms with Crippen LogP contribution < -0.4 is 10.1 Å². The molecule has 1 N–H and O–H groups in total. The van der Waals surface area contributed by atoms with Crippen molar-refractivity contribution in [3.05, 3.63) is 34.4 Å². The van der Waals surface area contributed by atoms with Crippen LogP contribution in [-0.2, 0) is 0 Å². The van der Waals surface area contributed by atoms with Gasteiger partial charge < -0.3 is 10.1 Å². The maximum atomic E-state index is 12.1. The van der Waals surface area contributed by atoms with E-state index < -0.39 is 6.61 Å². The summed E-state index contributed by atoms with van der Waals surface area (Å²) < 4.78 is 29.4. The second kappa shape index (κ2) is 6.80. The molecule has 0 aliphatic rings. The second-order valence-electron chi connectivity index (χ2n) is 4.23. The molecule has 2 rings (SSSR count). The molecular formula is C14H14BrF2N3O. The highest BCUT2D eigenvalue weighted by Gasteiger charge is 2.11. The van der Waals surface area contributed by atoms with E-state index in [0.29, 0.717) is 11.6 Å². The fraction of sp³-hybridized carbons (Fsp3) is 0.286. The highest BCUT2D eigenvalue weighted by Crippen LogP contribution is 2.27. The van der Waals surface area contributed by atoms with E-state index in [4.69, 9.17) is 0 Å². The van der Waals surface area contributed by atoms with Crippen LogP contribution in [0.4, 0.5) is 14.6 Å². The minimum atomic E-state index is -2.83. The molecular weight excluding hydrogens is 344 g/mol. The number of aryl methyl sites for hydroxylation is 1. The normalized spacial score (nSPS) is 10.8. The van der Waals surface area contributed by atoms with Crippen LogP contribution in [0.25, 0.3) is 11.4 Å². The summed E-state index contributed by atoms with van der Waals surface area (Å²) in [6, 6.07) is 6.23. The van der Waals surface area contributed by atoms with E-state index in [1.54, 1.807) is 12.1 Å². The Labute approximate surface area is 129 Å². The minimum absolute atomic E-state index is 0.106. The number of benzene rings is 1. The van der Waals surface area contributed by atoms with Crippen molar-refractivity contribution in [2.24, 2.45) is 0 Å². The van der Waals surface area contributed by atoms with E-state index in [9.17, 15) is 8.78 Å². The molecule has 0 saturated heterocycles. The number of hydrogen-bond donors (Lipinski definition) is 1. The zero-order valence-corrected chi connectivity index (χ0v) is 13.1. The molecule has 7 heteroatoms. The molecule has 2 aromatic rings. The third kappa shape index (κ3) is 3.87. The van der Waals surface area contributed by atoms with Gasteiger partial charge in [0.2, 0.25) is 0 Å². The summed E-state index contributed by atoms with van der Waals surface area (Å²) in [5.41, 5.74) is 1.52. The van der Waals surface area contributed by atoms with E-state index in [1.807, 2.05) is 13.8 Å². The lowest BCUT2D eigenvalue weighted by Gasteiger charge is -2.10. The van der Waals surface area contributed by atoms with Crippen molar-refractivity contribution in [1.29, 1.82) is 0 Å². The first kappa shape index (κ1) is 15.6. The monoisotopic (exact) mass is 357 g/mol. The third-order valence-electron chi connectivity index (χ3n) is 2.70. The number of hydrogen-bond acceptors (Lipinski definition) is 4. The molecule has 0 bridgehead atoms. The van der Waals surface area contributed by atoms with Crippen molar-refractivity contribution >= 4 is 21.7 Å². The quantitative estimate of drug-likeness (QED) is 0.868. The van der Waals surface area contributed by atoms with Gasteiger partial charge in [-0.1, -0.05) is 0 Å². The van der Waals surface area contributed by atoms with Crippen molar-refractivity contribution < 1.29 is 13.5 Å². The van der Waals surface area contributed by atoms with Crippen molar-refractivity contribution in [1.82, 2.24) is 9.97 Å².